The van der Waals surface area contributed by atoms with Gasteiger partial charge >= 0.3 is 6.36 Å². The third-order valence-corrected chi connectivity index (χ3v) is 6.61. The summed E-state index contributed by atoms with van der Waals surface area (Å²) in [7, 11) is 0. The van der Waals surface area contributed by atoms with Crippen molar-refractivity contribution in [1.82, 2.24) is 20.1 Å². The molecule has 186 valence electrons. The summed E-state index contributed by atoms with van der Waals surface area (Å²) in [6.07, 6.45) is -3.33. The Morgan fingerprint density at radius 3 is 2.63 bits per heavy atom. The lowest BCUT2D eigenvalue weighted by atomic mass is 10.1. The van der Waals surface area contributed by atoms with Crippen molar-refractivity contribution in [2.75, 3.05) is 43.5 Å². The van der Waals surface area contributed by atoms with Gasteiger partial charge in [-0.05, 0) is 25.1 Å². The first-order valence-electron chi connectivity index (χ1n) is 10.2. The van der Waals surface area contributed by atoms with Crippen LogP contribution in [0.15, 0.2) is 24.4 Å². The van der Waals surface area contributed by atoms with Crippen molar-refractivity contribution in [3.05, 3.63) is 35.0 Å². The fraction of sp³-hybridized carbons (Fsp3) is 0.350. The van der Waals surface area contributed by atoms with Crippen LogP contribution in [0.2, 0.25) is 0 Å². The molecule has 0 radical (unpaired) electrons. The molecule has 0 saturated carbocycles. The van der Waals surface area contributed by atoms with Gasteiger partial charge in [0.05, 0.1) is 35.3 Å². The predicted octanol–water partition coefficient (Wildman–Crippen LogP) is 3.39. The molecule has 1 fully saturated rings. The number of amides is 2. The maximum atomic E-state index is 12.9. The lowest BCUT2D eigenvalue weighted by Crippen LogP contribution is -2.41. The van der Waals surface area contributed by atoms with Gasteiger partial charge in [0.15, 0.2) is 10.8 Å². The highest BCUT2D eigenvalue weighted by Crippen LogP contribution is 2.33. The standard InChI is InChI=1S/C20H19F3N6O4S2/c1-11-24-9-15(34-11)18-27-28-19(35-18)26-17(31)12-2-3-14(33-20(21,22)23)13(8-12)25-16(30)10-29-4-6-32-7-5-29/h2-3,8-9H,4-7,10H2,1H3,(H,25,30)(H,26,28,31). The van der Waals surface area contributed by atoms with Gasteiger partial charge in [-0.3, -0.25) is 19.8 Å². The number of hydrogen-bond donors (Lipinski definition) is 2. The first-order chi connectivity index (χ1) is 16.7. The number of aryl methyl sites for hydroxylation is 1. The molecule has 1 aliphatic rings. The number of carbonyl (C=O) groups excluding carboxylic acids is 2. The number of alkyl halides is 3. The Bertz CT molecular complexity index is 1210. The van der Waals surface area contributed by atoms with Crippen LogP contribution in [0.3, 0.4) is 0 Å². The summed E-state index contributed by atoms with van der Waals surface area (Å²) in [5.41, 5.74) is -0.294. The molecule has 2 aromatic heterocycles. The van der Waals surface area contributed by atoms with E-state index in [1.54, 1.807) is 11.1 Å². The number of thiazole rings is 1. The van der Waals surface area contributed by atoms with Crippen LogP contribution in [0.25, 0.3) is 9.88 Å². The van der Waals surface area contributed by atoms with Gasteiger partial charge in [0.2, 0.25) is 11.0 Å². The van der Waals surface area contributed by atoms with E-state index in [2.05, 4.69) is 30.6 Å². The third kappa shape index (κ3) is 6.94. The molecule has 0 unspecified atom stereocenters. The fourth-order valence-corrected chi connectivity index (χ4v) is 4.69. The topological polar surface area (TPSA) is 119 Å². The lowest BCUT2D eigenvalue weighted by molar-refractivity contribution is -0.274. The van der Waals surface area contributed by atoms with Crippen LogP contribution in [-0.4, -0.2) is 71.1 Å². The second-order valence-electron chi connectivity index (χ2n) is 7.31. The van der Waals surface area contributed by atoms with Crippen LogP contribution in [0.5, 0.6) is 5.75 Å². The minimum absolute atomic E-state index is 0.00779. The number of benzene rings is 1. The molecule has 15 heteroatoms. The number of rotatable bonds is 7. The van der Waals surface area contributed by atoms with E-state index in [0.29, 0.717) is 31.3 Å². The highest BCUT2D eigenvalue weighted by molar-refractivity contribution is 7.23. The number of anilines is 2. The van der Waals surface area contributed by atoms with Crippen molar-refractivity contribution >= 4 is 45.3 Å². The van der Waals surface area contributed by atoms with Crippen LogP contribution >= 0.6 is 22.7 Å². The SMILES string of the molecule is Cc1ncc(-c2nnc(NC(=O)c3ccc(OC(F)(F)F)c(NC(=O)CN4CCOCC4)c3)s2)s1. The van der Waals surface area contributed by atoms with Crippen molar-refractivity contribution in [2.45, 2.75) is 13.3 Å². The van der Waals surface area contributed by atoms with Gasteiger partial charge in [0.1, 0.15) is 0 Å². The summed E-state index contributed by atoms with van der Waals surface area (Å²) in [5.74, 6) is -1.83. The van der Waals surface area contributed by atoms with E-state index in [9.17, 15) is 22.8 Å². The first kappa shape index (κ1) is 25.0. The van der Waals surface area contributed by atoms with Crippen LogP contribution in [0.1, 0.15) is 15.4 Å². The summed E-state index contributed by atoms with van der Waals surface area (Å²) in [6.45, 7) is 3.76. The monoisotopic (exact) mass is 528 g/mol. The Labute approximate surface area is 205 Å². The van der Waals surface area contributed by atoms with Gasteiger partial charge in [0, 0.05) is 24.8 Å². The Balaban J connectivity index is 1.49. The summed E-state index contributed by atoms with van der Waals surface area (Å²) in [6, 6.07) is 3.24. The molecule has 1 aromatic carbocycles. The summed E-state index contributed by atoms with van der Waals surface area (Å²) in [5, 5.41) is 14.5. The molecule has 0 spiro atoms. The molecule has 4 rings (SSSR count). The van der Waals surface area contributed by atoms with E-state index >= 15 is 0 Å². The van der Waals surface area contributed by atoms with Crippen molar-refractivity contribution < 1.29 is 32.2 Å². The van der Waals surface area contributed by atoms with Crippen LogP contribution in [0.4, 0.5) is 24.0 Å². The smallest absolute Gasteiger partial charge is 0.404 e. The zero-order chi connectivity index (χ0) is 25.0. The minimum atomic E-state index is -4.98. The fourth-order valence-electron chi connectivity index (χ4n) is 3.14. The molecular weight excluding hydrogens is 509 g/mol. The molecule has 0 bridgehead atoms. The van der Waals surface area contributed by atoms with Crippen LogP contribution < -0.4 is 15.4 Å². The molecule has 3 heterocycles. The van der Waals surface area contributed by atoms with Crippen LogP contribution in [-0.2, 0) is 9.53 Å². The summed E-state index contributed by atoms with van der Waals surface area (Å²) < 4.78 is 47.8. The quantitative estimate of drug-likeness (QED) is 0.479. The Kier molecular flexibility index (Phi) is 7.59. The molecule has 35 heavy (non-hydrogen) atoms. The van der Waals surface area contributed by atoms with Gasteiger partial charge in [-0.2, -0.15) is 0 Å². The normalized spacial score (nSPS) is 14.5. The zero-order valence-electron chi connectivity index (χ0n) is 18.2. The Hall–Kier alpha value is -3.14. The third-order valence-electron chi connectivity index (χ3n) is 4.69. The first-order valence-corrected chi connectivity index (χ1v) is 11.9. The number of hydrogen-bond acceptors (Lipinski definition) is 10. The minimum Gasteiger partial charge on any atom is -0.404 e. The van der Waals surface area contributed by atoms with E-state index in [1.165, 1.54) is 11.3 Å². The van der Waals surface area contributed by atoms with Gasteiger partial charge in [0.25, 0.3) is 5.91 Å². The number of morpholine rings is 1. The zero-order valence-corrected chi connectivity index (χ0v) is 19.9. The van der Waals surface area contributed by atoms with Crippen molar-refractivity contribution in [1.29, 1.82) is 0 Å². The van der Waals surface area contributed by atoms with Crippen LogP contribution in [0, 0.1) is 6.92 Å². The molecule has 1 aliphatic heterocycles. The Morgan fingerprint density at radius 2 is 1.94 bits per heavy atom. The number of nitrogens with zero attached hydrogens (tertiary/aromatic N) is 4. The molecule has 1 saturated heterocycles. The van der Waals surface area contributed by atoms with E-state index in [1.807, 2.05) is 6.92 Å². The molecule has 0 atom stereocenters. The average Bonchev–Trinajstić information content (AvgIpc) is 3.43. The number of aromatic nitrogens is 3. The molecule has 2 N–H and O–H groups in total. The number of halogens is 3. The predicted molar refractivity (Wildman–Crippen MR) is 123 cm³/mol. The van der Waals surface area contributed by atoms with Crippen molar-refractivity contribution in [2.24, 2.45) is 0 Å². The maximum Gasteiger partial charge on any atom is 0.573 e. The molecular formula is C20H19F3N6O4S2. The van der Waals surface area contributed by atoms with Crippen molar-refractivity contribution in [3.63, 3.8) is 0 Å². The molecule has 0 aliphatic carbocycles. The number of ether oxygens (including phenoxy) is 2. The summed E-state index contributed by atoms with van der Waals surface area (Å²) in [4.78, 5) is 31.9. The second-order valence-corrected chi connectivity index (χ2v) is 9.52. The highest BCUT2D eigenvalue weighted by atomic mass is 32.1. The van der Waals surface area contributed by atoms with E-state index in [0.717, 1.165) is 39.4 Å². The average molecular weight is 529 g/mol. The van der Waals surface area contributed by atoms with E-state index in [4.69, 9.17) is 4.74 Å². The summed E-state index contributed by atoms with van der Waals surface area (Å²) >= 11 is 2.55. The van der Waals surface area contributed by atoms with Gasteiger partial charge in [-0.15, -0.1) is 34.7 Å². The number of carbonyl (C=O) groups is 2. The van der Waals surface area contributed by atoms with Gasteiger partial charge < -0.3 is 14.8 Å². The van der Waals surface area contributed by atoms with Crippen molar-refractivity contribution in [3.8, 4) is 15.6 Å². The van der Waals surface area contributed by atoms with E-state index < -0.39 is 23.9 Å². The van der Waals surface area contributed by atoms with Gasteiger partial charge in [-0.1, -0.05) is 11.3 Å². The highest BCUT2D eigenvalue weighted by Gasteiger charge is 2.32. The largest absolute Gasteiger partial charge is 0.573 e. The maximum absolute atomic E-state index is 12.9. The second kappa shape index (κ2) is 10.6. The number of nitrogens with one attached hydrogen (secondary N) is 2. The van der Waals surface area contributed by atoms with E-state index in [-0.39, 0.29) is 22.9 Å². The molecule has 3 aromatic rings. The van der Waals surface area contributed by atoms with Gasteiger partial charge in [-0.25, -0.2) is 4.98 Å². The Morgan fingerprint density at radius 1 is 1.17 bits per heavy atom. The molecule has 10 nitrogen and oxygen atoms in total. The molecule has 2 amide bonds. The lowest BCUT2D eigenvalue weighted by Gasteiger charge is -2.26.